The Balaban J connectivity index is 2.08. The summed E-state index contributed by atoms with van der Waals surface area (Å²) in [6.45, 7) is 2.01. The van der Waals surface area contributed by atoms with Crippen LogP contribution >= 0.6 is 11.3 Å². The summed E-state index contributed by atoms with van der Waals surface area (Å²) in [7, 11) is 0. The van der Waals surface area contributed by atoms with Gasteiger partial charge in [0.05, 0.1) is 10.6 Å². The molecule has 0 saturated heterocycles. The van der Waals surface area contributed by atoms with Crippen LogP contribution in [-0.2, 0) is 0 Å². The molecule has 0 saturated carbocycles. The maximum atomic E-state index is 11.8. The van der Waals surface area contributed by atoms with Crippen molar-refractivity contribution < 1.29 is 4.79 Å². The summed E-state index contributed by atoms with van der Waals surface area (Å²) in [5, 5.41) is 6.14. The van der Waals surface area contributed by atoms with Crippen molar-refractivity contribution >= 4 is 23.0 Å². The van der Waals surface area contributed by atoms with Crippen molar-refractivity contribution in [1.29, 1.82) is 0 Å². The van der Waals surface area contributed by atoms with E-state index in [1.54, 1.807) is 35.7 Å². The Morgan fingerprint density at radius 3 is 2.89 bits per heavy atom. The summed E-state index contributed by atoms with van der Waals surface area (Å²) in [6, 6.07) is 9.14. The highest BCUT2D eigenvalue weighted by atomic mass is 32.1. The topological polar surface area (TPSA) is 54.4 Å². The third-order valence-corrected chi connectivity index (χ3v) is 3.25. The van der Waals surface area contributed by atoms with E-state index in [1.807, 2.05) is 24.4 Å². The van der Waals surface area contributed by atoms with E-state index in [0.717, 1.165) is 17.0 Å². The van der Waals surface area contributed by atoms with Crippen LogP contribution in [0.3, 0.4) is 0 Å². The number of rotatable bonds is 4. The lowest BCUT2D eigenvalue weighted by Crippen LogP contribution is -2.20. The molecule has 2 rings (SSSR count). The molecule has 2 heterocycles. The van der Waals surface area contributed by atoms with Crippen LogP contribution in [0, 0.1) is 0 Å². The van der Waals surface area contributed by atoms with Crippen molar-refractivity contribution in [3.63, 3.8) is 0 Å². The second-order valence-electron chi connectivity index (χ2n) is 3.55. The fourth-order valence-corrected chi connectivity index (χ4v) is 2.21. The Bertz CT molecular complexity index is 535. The van der Waals surface area contributed by atoms with Gasteiger partial charge in [-0.25, -0.2) is 5.43 Å². The zero-order valence-electron chi connectivity index (χ0n) is 9.96. The highest BCUT2D eigenvalue weighted by molar-refractivity contribution is 7.12. The van der Waals surface area contributed by atoms with Crippen LogP contribution in [0.2, 0.25) is 0 Å². The molecule has 1 N–H and O–H groups in total. The molecule has 0 unspecified atom stereocenters. The van der Waals surface area contributed by atoms with Crippen molar-refractivity contribution in [1.82, 2.24) is 10.4 Å². The number of nitrogens with zero attached hydrogens (tertiary/aromatic N) is 2. The SMILES string of the molecule is CC/C(=N/NC(=O)c1ccccn1)c1cccs1. The number of hydrogen-bond donors (Lipinski definition) is 1. The zero-order valence-corrected chi connectivity index (χ0v) is 10.8. The number of carbonyl (C=O) groups excluding carboxylic acids is 1. The molecule has 0 fully saturated rings. The second-order valence-corrected chi connectivity index (χ2v) is 4.49. The van der Waals surface area contributed by atoms with Crippen molar-refractivity contribution in [3.05, 3.63) is 52.5 Å². The average Bonchev–Trinajstić information content (AvgIpc) is 2.94. The van der Waals surface area contributed by atoms with Gasteiger partial charge in [0.1, 0.15) is 5.69 Å². The maximum Gasteiger partial charge on any atom is 0.289 e. The highest BCUT2D eigenvalue weighted by Gasteiger charge is 2.06. The van der Waals surface area contributed by atoms with Crippen LogP contribution in [0.15, 0.2) is 47.0 Å². The lowest BCUT2D eigenvalue weighted by Gasteiger charge is -2.02. The number of thiophene rings is 1. The van der Waals surface area contributed by atoms with Crippen molar-refractivity contribution in [2.75, 3.05) is 0 Å². The van der Waals surface area contributed by atoms with Gasteiger partial charge in [-0.15, -0.1) is 11.3 Å². The normalized spacial score (nSPS) is 11.3. The van der Waals surface area contributed by atoms with Crippen LogP contribution in [0.25, 0.3) is 0 Å². The lowest BCUT2D eigenvalue weighted by molar-refractivity contribution is 0.0950. The molecule has 2 aromatic rings. The lowest BCUT2D eigenvalue weighted by atomic mass is 10.2. The zero-order chi connectivity index (χ0) is 12.8. The summed E-state index contributed by atoms with van der Waals surface area (Å²) in [5.74, 6) is -0.293. The van der Waals surface area contributed by atoms with E-state index in [4.69, 9.17) is 0 Å². The van der Waals surface area contributed by atoms with Gasteiger partial charge in [-0.1, -0.05) is 19.1 Å². The molecule has 0 bridgehead atoms. The summed E-state index contributed by atoms with van der Waals surface area (Å²) in [6.07, 6.45) is 2.35. The van der Waals surface area contributed by atoms with E-state index < -0.39 is 0 Å². The summed E-state index contributed by atoms with van der Waals surface area (Å²) in [5.41, 5.74) is 3.76. The first-order valence-corrected chi connectivity index (χ1v) is 6.51. The molecular formula is C13H13N3OS. The van der Waals surface area contributed by atoms with Gasteiger partial charge in [-0.2, -0.15) is 5.10 Å². The smallest absolute Gasteiger partial charge is 0.266 e. The molecule has 1 amide bonds. The first-order chi connectivity index (χ1) is 8.81. The van der Waals surface area contributed by atoms with Crippen LogP contribution in [-0.4, -0.2) is 16.6 Å². The fraction of sp³-hybridized carbons (Fsp3) is 0.154. The number of amides is 1. The second kappa shape index (κ2) is 6.07. The molecule has 18 heavy (non-hydrogen) atoms. The van der Waals surface area contributed by atoms with E-state index in [1.165, 1.54) is 0 Å². The minimum absolute atomic E-state index is 0.293. The molecule has 0 aliphatic carbocycles. The van der Waals surface area contributed by atoms with E-state index >= 15 is 0 Å². The van der Waals surface area contributed by atoms with E-state index in [2.05, 4.69) is 15.5 Å². The van der Waals surface area contributed by atoms with Gasteiger partial charge in [-0.05, 0) is 30.0 Å². The molecule has 5 heteroatoms. The Morgan fingerprint density at radius 2 is 2.28 bits per heavy atom. The third kappa shape index (κ3) is 3.01. The van der Waals surface area contributed by atoms with Gasteiger partial charge in [0.25, 0.3) is 5.91 Å². The highest BCUT2D eigenvalue weighted by Crippen LogP contribution is 2.11. The predicted octanol–water partition coefficient (Wildman–Crippen LogP) is 2.69. The Labute approximate surface area is 109 Å². The number of hydrogen-bond acceptors (Lipinski definition) is 4. The average molecular weight is 259 g/mol. The summed E-state index contributed by atoms with van der Waals surface area (Å²) < 4.78 is 0. The van der Waals surface area contributed by atoms with Crippen LogP contribution in [0.5, 0.6) is 0 Å². The molecule has 0 atom stereocenters. The molecule has 2 aromatic heterocycles. The Kier molecular flexibility index (Phi) is 4.20. The number of nitrogens with one attached hydrogen (secondary N) is 1. The van der Waals surface area contributed by atoms with Crippen molar-refractivity contribution in [2.45, 2.75) is 13.3 Å². The first kappa shape index (κ1) is 12.4. The Morgan fingerprint density at radius 1 is 1.39 bits per heavy atom. The molecule has 0 aliphatic rings. The van der Waals surface area contributed by atoms with E-state index in [9.17, 15) is 4.79 Å². The van der Waals surface area contributed by atoms with Crippen LogP contribution in [0.4, 0.5) is 0 Å². The molecule has 0 aliphatic heterocycles. The largest absolute Gasteiger partial charge is 0.289 e. The van der Waals surface area contributed by atoms with Gasteiger partial charge in [-0.3, -0.25) is 9.78 Å². The molecular weight excluding hydrogens is 246 g/mol. The van der Waals surface area contributed by atoms with Crippen molar-refractivity contribution in [3.8, 4) is 0 Å². The fourth-order valence-electron chi connectivity index (χ4n) is 1.42. The molecule has 0 aromatic carbocycles. The molecule has 0 spiro atoms. The van der Waals surface area contributed by atoms with E-state index in [0.29, 0.717) is 5.69 Å². The van der Waals surface area contributed by atoms with Gasteiger partial charge in [0.15, 0.2) is 0 Å². The third-order valence-electron chi connectivity index (χ3n) is 2.33. The monoisotopic (exact) mass is 259 g/mol. The standard InChI is InChI=1S/C13H13N3OS/c1-2-10(12-7-5-9-18-12)15-16-13(17)11-6-3-4-8-14-11/h3-9H,2H2,1H3,(H,16,17)/b15-10-. The van der Waals surface area contributed by atoms with Gasteiger partial charge >= 0.3 is 0 Å². The van der Waals surface area contributed by atoms with Crippen molar-refractivity contribution in [2.24, 2.45) is 5.10 Å². The number of hydrazone groups is 1. The molecule has 0 radical (unpaired) electrons. The van der Waals surface area contributed by atoms with Gasteiger partial charge in [0.2, 0.25) is 0 Å². The van der Waals surface area contributed by atoms with E-state index in [-0.39, 0.29) is 5.91 Å². The minimum atomic E-state index is -0.293. The Hall–Kier alpha value is -2.01. The number of carbonyl (C=O) groups is 1. The number of pyridine rings is 1. The van der Waals surface area contributed by atoms with Crippen LogP contribution in [0.1, 0.15) is 28.7 Å². The number of aromatic nitrogens is 1. The van der Waals surface area contributed by atoms with Gasteiger partial charge < -0.3 is 0 Å². The van der Waals surface area contributed by atoms with Crippen LogP contribution < -0.4 is 5.43 Å². The predicted molar refractivity (Wildman–Crippen MR) is 72.9 cm³/mol. The molecule has 92 valence electrons. The summed E-state index contributed by atoms with van der Waals surface area (Å²) in [4.78, 5) is 16.8. The summed E-state index contributed by atoms with van der Waals surface area (Å²) >= 11 is 1.61. The van der Waals surface area contributed by atoms with Gasteiger partial charge in [0, 0.05) is 6.20 Å². The minimum Gasteiger partial charge on any atom is -0.266 e. The quantitative estimate of drug-likeness (QED) is 0.678. The first-order valence-electron chi connectivity index (χ1n) is 5.63. The maximum absolute atomic E-state index is 11.8. The molecule has 4 nitrogen and oxygen atoms in total.